The summed E-state index contributed by atoms with van der Waals surface area (Å²) in [5.74, 6) is 1.74. The second-order valence-electron chi connectivity index (χ2n) is 5.01. The third-order valence-corrected chi connectivity index (χ3v) is 4.87. The van der Waals surface area contributed by atoms with Crippen LogP contribution in [0.3, 0.4) is 0 Å². The van der Waals surface area contributed by atoms with E-state index in [1.165, 1.54) is 12.8 Å². The monoisotopic (exact) mass is 352 g/mol. The Morgan fingerprint density at radius 3 is 2.65 bits per heavy atom. The van der Waals surface area contributed by atoms with Crippen LogP contribution in [0.5, 0.6) is 0 Å². The van der Waals surface area contributed by atoms with E-state index in [-0.39, 0.29) is 0 Å². The first-order valence-electron chi connectivity index (χ1n) is 6.68. The molecule has 0 amide bonds. The zero-order valence-corrected chi connectivity index (χ0v) is 13.4. The SMILES string of the molecule is Cc1nccc(-c2nc(Cl)c(Br)c(C3CCCC3)n2)n1. The van der Waals surface area contributed by atoms with Crippen molar-refractivity contribution in [3.63, 3.8) is 0 Å². The van der Waals surface area contributed by atoms with Crippen LogP contribution < -0.4 is 0 Å². The molecule has 2 aromatic rings. The number of nitrogens with zero attached hydrogens (tertiary/aromatic N) is 4. The molecule has 20 heavy (non-hydrogen) atoms. The van der Waals surface area contributed by atoms with Crippen molar-refractivity contribution in [2.24, 2.45) is 0 Å². The fourth-order valence-corrected chi connectivity index (χ4v) is 3.28. The van der Waals surface area contributed by atoms with Gasteiger partial charge in [-0.1, -0.05) is 24.4 Å². The molecule has 0 atom stereocenters. The lowest BCUT2D eigenvalue weighted by Crippen LogP contribution is -2.04. The first kappa shape index (κ1) is 13.9. The van der Waals surface area contributed by atoms with Crippen molar-refractivity contribution in [1.29, 1.82) is 0 Å². The lowest BCUT2D eigenvalue weighted by Gasteiger charge is -2.13. The lowest BCUT2D eigenvalue weighted by molar-refractivity contribution is 0.690. The van der Waals surface area contributed by atoms with Crippen molar-refractivity contribution in [3.8, 4) is 11.5 Å². The van der Waals surface area contributed by atoms with Gasteiger partial charge < -0.3 is 0 Å². The second kappa shape index (κ2) is 5.74. The summed E-state index contributed by atoms with van der Waals surface area (Å²) in [6.07, 6.45) is 6.54. The molecule has 1 saturated carbocycles. The standard InChI is InChI=1S/C14H14BrClN4/c1-8-17-7-6-10(18-8)14-19-12(9-4-2-3-5-9)11(15)13(16)20-14/h6-7,9H,2-5H2,1H3. The van der Waals surface area contributed by atoms with E-state index >= 15 is 0 Å². The Morgan fingerprint density at radius 2 is 1.95 bits per heavy atom. The highest BCUT2D eigenvalue weighted by atomic mass is 79.9. The van der Waals surface area contributed by atoms with Crippen molar-refractivity contribution < 1.29 is 0 Å². The van der Waals surface area contributed by atoms with Gasteiger partial charge in [0.05, 0.1) is 10.2 Å². The Morgan fingerprint density at radius 1 is 1.20 bits per heavy atom. The van der Waals surface area contributed by atoms with E-state index < -0.39 is 0 Å². The zero-order valence-electron chi connectivity index (χ0n) is 11.1. The summed E-state index contributed by atoms with van der Waals surface area (Å²) < 4.78 is 0.820. The zero-order chi connectivity index (χ0) is 14.1. The molecule has 0 N–H and O–H groups in total. The Balaban J connectivity index is 2.08. The minimum absolute atomic E-state index is 0.452. The van der Waals surface area contributed by atoms with Gasteiger partial charge in [-0.05, 0) is 41.8 Å². The highest BCUT2D eigenvalue weighted by molar-refractivity contribution is 9.10. The number of rotatable bonds is 2. The maximum atomic E-state index is 6.25. The van der Waals surface area contributed by atoms with Gasteiger partial charge in [0.1, 0.15) is 16.7 Å². The number of hydrogen-bond donors (Lipinski definition) is 0. The van der Waals surface area contributed by atoms with Crippen LogP contribution in [-0.2, 0) is 0 Å². The predicted molar refractivity (Wildman–Crippen MR) is 81.7 cm³/mol. The van der Waals surface area contributed by atoms with E-state index in [2.05, 4.69) is 30.9 Å². The molecular formula is C14H14BrClN4. The van der Waals surface area contributed by atoms with Crippen molar-refractivity contribution in [1.82, 2.24) is 19.9 Å². The predicted octanol–water partition coefficient (Wildman–Crippen LogP) is 4.32. The molecule has 0 aliphatic heterocycles. The maximum absolute atomic E-state index is 6.25. The second-order valence-corrected chi connectivity index (χ2v) is 6.16. The Bertz CT molecular complexity index is 641. The molecule has 1 fully saturated rings. The molecule has 2 heterocycles. The normalized spacial score (nSPS) is 15.8. The minimum Gasteiger partial charge on any atom is -0.242 e. The van der Waals surface area contributed by atoms with Gasteiger partial charge in [0.25, 0.3) is 0 Å². The average molecular weight is 354 g/mol. The van der Waals surface area contributed by atoms with Gasteiger partial charge in [0.2, 0.25) is 0 Å². The average Bonchev–Trinajstić information content (AvgIpc) is 2.95. The molecule has 0 saturated heterocycles. The summed E-state index contributed by atoms with van der Waals surface area (Å²) in [7, 11) is 0. The van der Waals surface area contributed by atoms with Gasteiger partial charge in [-0.2, -0.15) is 0 Å². The van der Waals surface area contributed by atoms with Gasteiger partial charge in [0, 0.05) is 12.1 Å². The molecular weight excluding hydrogens is 340 g/mol. The van der Waals surface area contributed by atoms with E-state index in [0.29, 0.717) is 28.4 Å². The van der Waals surface area contributed by atoms with Crippen LogP contribution in [-0.4, -0.2) is 19.9 Å². The van der Waals surface area contributed by atoms with Crippen molar-refractivity contribution in [2.45, 2.75) is 38.5 Å². The molecule has 1 aliphatic rings. The third kappa shape index (κ3) is 2.69. The Kier molecular flexibility index (Phi) is 3.98. The van der Waals surface area contributed by atoms with E-state index in [4.69, 9.17) is 16.6 Å². The van der Waals surface area contributed by atoms with Crippen LogP contribution in [0.1, 0.15) is 43.1 Å². The largest absolute Gasteiger partial charge is 0.242 e. The fourth-order valence-electron chi connectivity index (χ4n) is 2.60. The fraction of sp³-hybridized carbons (Fsp3) is 0.429. The van der Waals surface area contributed by atoms with Gasteiger partial charge in [0.15, 0.2) is 5.82 Å². The third-order valence-electron chi connectivity index (χ3n) is 3.58. The van der Waals surface area contributed by atoms with E-state index in [1.807, 2.05) is 13.0 Å². The number of aromatic nitrogens is 4. The van der Waals surface area contributed by atoms with Crippen molar-refractivity contribution in [3.05, 3.63) is 33.4 Å². The quantitative estimate of drug-likeness (QED) is 0.755. The van der Waals surface area contributed by atoms with Gasteiger partial charge in [-0.15, -0.1) is 0 Å². The van der Waals surface area contributed by atoms with Gasteiger partial charge in [-0.3, -0.25) is 0 Å². The molecule has 0 radical (unpaired) electrons. The highest BCUT2D eigenvalue weighted by Crippen LogP contribution is 2.39. The number of aryl methyl sites for hydroxylation is 1. The van der Waals surface area contributed by atoms with Crippen molar-refractivity contribution in [2.75, 3.05) is 0 Å². The van der Waals surface area contributed by atoms with Crippen molar-refractivity contribution >= 4 is 27.5 Å². The Hall–Kier alpha value is -1.07. The number of halogens is 2. The van der Waals surface area contributed by atoms with E-state index in [1.54, 1.807) is 6.20 Å². The van der Waals surface area contributed by atoms with E-state index in [0.717, 1.165) is 23.0 Å². The molecule has 0 unspecified atom stereocenters. The first-order valence-corrected chi connectivity index (χ1v) is 7.85. The highest BCUT2D eigenvalue weighted by Gasteiger charge is 2.24. The summed E-state index contributed by atoms with van der Waals surface area (Å²) in [4.78, 5) is 17.5. The molecule has 0 aromatic carbocycles. The van der Waals surface area contributed by atoms with Gasteiger partial charge in [-0.25, -0.2) is 19.9 Å². The molecule has 0 spiro atoms. The molecule has 104 valence electrons. The summed E-state index contributed by atoms with van der Waals surface area (Å²) >= 11 is 9.77. The first-order chi connectivity index (χ1) is 9.65. The molecule has 1 aliphatic carbocycles. The summed E-state index contributed by atoms with van der Waals surface area (Å²) in [5.41, 5.74) is 1.72. The summed E-state index contributed by atoms with van der Waals surface area (Å²) in [5, 5.41) is 0.452. The van der Waals surface area contributed by atoms with Crippen LogP contribution >= 0.6 is 27.5 Å². The smallest absolute Gasteiger partial charge is 0.180 e. The van der Waals surface area contributed by atoms with E-state index in [9.17, 15) is 0 Å². The van der Waals surface area contributed by atoms with Crippen LogP contribution in [0.2, 0.25) is 5.15 Å². The van der Waals surface area contributed by atoms with Crippen LogP contribution in [0.4, 0.5) is 0 Å². The van der Waals surface area contributed by atoms with Crippen LogP contribution in [0.15, 0.2) is 16.7 Å². The molecule has 0 bridgehead atoms. The Labute approximate surface area is 131 Å². The lowest BCUT2D eigenvalue weighted by atomic mass is 10.0. The molecule has 3 rings (SSSR count). The summed E-state index contributed by atoms with van der Waals surface area (Å²) in [6.45, 7) is 1.85. The topological polar surface area (TPSA) is 51.6 Å². The molecule has 4 nitrogen and oxygen atoms in total. The molecule has 6 heteroatoms. The van der Waals surface area contributed by atoms with Crippen LogP contribution in [0.25, 0.3) is 11.5 Å². The molecule has 2 aromatic heterocycles. The maximum Gasteiger partial charge on any atom is 0.180 e. The number of hydrogen-bond acceptors (Lipinski definition) is 4. The minimum atomic E-state index is 0.452. The van der Waals surface area contributed by atoms with Crippen LogP contribution in [0, 0.1) is 6.92 Å². The summed E-state index contributed by atoms with van der Waals surface area (Å²) in [6, 6.07) is 1.81. The van der Waals surface area contributed by atoms with Gasteiger partial charge >= 0.3 is 0 Å².